The highest BCUT2D eigenvalue weighted by molar-refractivity contribution is 7.90. The lowest BCUT2D eigenvalue weighted by Crippen LogP contribution is -2.32. The van der Waals surface area contributed by atoms with Gasteiger partial charge in [-0.2, -0.15) is 0 Å². The Bertz CT molecular complexity index is 542. The Morgan fingerprint density at radius 1 is 1.50 bits per heavy atom. The van der Waals surface area contributed by atoms with Crippen LogP contribution >= 0.6 is 0 Å². The summed E-state index contributed by atoms with van der Waals surface area (Å²) in [5.74, 6) is 0. The highest BCUT2D eigenvalue weighted by Gasteiger charge is 2.25. The number of nitrogens with zero attached hydrogens (tertiary/aromatic N) is 1. The predicted octanol–water partition coefficient (Wildman–Crippen LogP) is 0.633. The zero-order valence-corrected chi connectivity index (χ0v) is 11.2. The minimum atomic E-state index is -3.23. The second-order valence-corrected chi connectivity index (χ2v) is 6.68. The van der Waals surface area contributed by atoms with E-state index in [1.165, 1.54) is 6.07 Å². The van der Waals surface area contributed by atoms with Crippen molar-refractivity contribution >= 4 is 21.2 Å². The molecule has 0 amide bonds. The number of hydrogen-bond donors (Lipinski definition) is 2. The monoisotopic (exact) mass is 270 g/mol. The Morgan fingerprint density at radius 2 is 2.22 bits per heavy atom. The van der Waals surface area contributed by atoms with E-state index >= 15 is 0 Å². The average Bonchev–Trinajstić information content (AvgIpc) is 2.75. The molecular weight excluding hydrogens is 252 g/mol. The van der Waals surface area contributed by atoms with Crippen molar-refractivity contribution in [1.29, 1.82) is 0 Å². The van der Waals surface area contributed by atoms with E-state index in [0.29, 0.717) is 5.69 Å². The standard InChI is InChI=1S/C12H18N2O3S/c1-18(16,17)10-4-5-12(11(13)7-10)14-6-2-3-9(14)8-15/h4-5,7,9,15H,2-3,6,8,13H2,1H3. The van der Waals surface area contributed by atoms with Crippen molar-refractivity contribution in [3.05, 3.63) is 18.2 Å². The van der Waals surface area contributed by atoms with Gasteiger partial charge in [0.05, 0.1) is 28.9 Å². The minimum Gasteiger partial charge on any atom is -0.397 e. The van der Waals surface area contributed by atoms with Gasteiger partial charge in [-0.3, -0.25) is 0 Å². The molecule has 5 nitrogen and oxygen atoms in total. The van der Waals surface area contributed by atoms with E-state index in [1.54, 1.807) is 12.1 Å². The molecule has 3 N–H and O–H groups in total. The summed E-state index contributed by atoms with van der Waals surface area (Å²) in [6, 6.07) is 4.85. The molecule has 0 saturated carbocycles. The van der Waals surface area contributed by atoms with Crippen LogP contribution in [0.5, 0.6) is 0 Å². The third-order valence-corrected chi connectivity index (χ3v) is 4.43. The molecule has 1 fully saturated rings. The second kappa shape index (κ2) is 4.78. The first-order valence-electron chi connectivity index (χ1n) is 5.90. The van der Waals surface area contributed by atoms with Crippen LogP contribution in [-0.2, 0) is 9.84 Å². The molecule has 1 aliphatic rings. The molecule has 100 valence electrons. The molecule has 1 atom stereocenters. The molecule has 1 aromatic rings. The first-order valence-corrected chi connectivity index (χ1v) is 7.79. The number of rotatable bonds is 3. The zero-order chi connectivity index (χ0) is 13.3. The Morgan fingerprint density at radius 3 is 2.78 bits per heavy atom. The van der Waals surface area contributed by atoms with Crippen LogP contribution in [0.4, 0.5) is 11.4 Å². The topological polar surface area (TPSA) is 83.6 Å². The highest BCUT2D eigenvalue weighted by Crippen LogP contribution is 2.31. The summed E-state index contributed by atoms with van der Waals surface area (Å²) in [4.78, 5) is 2.27. The van der Waals surface area contributed by atoms with Gasteiger partial charge in [-0.05, 0) is 31.0 Å². The van der Waals surface area contributed by atoms with Gasteiger partial charge in [-0.25, -0.2) is 8.42 Å². The fourth-order valence-electron chi connectivity index (χ4n) is 2.37. The van der Waals surface area contributed by atoms with Crippen LogP contribution in [0, 0.1) is 0 Å². The quantitative estimate of drug-likeness (QED) is 0.787. The van der Waals surface area contributed by atoms with E-state index in [1.807, 2.05) is 4.90 Å². The molecule has 1 unspecified atom stereocenters. The van der Waals surface area contributed by atoms with Crippen molar-refractivity contribution in [2.45, 2.75) is 23.8 Å². The van der Waals surface area contributed by atoms with Crippen LogP contribution in [0.25, 0.3) is 0 Å². The third kappa shape index (κ3) is 2.44. The summed E-state index contributed by atoms with van der Waals surface area (Å²) in [7, 11) is -3.23. The first kappa shape index (κ1) is 13.2. The van der Waals surface area contributed by atoms with Crippen molar-refractivity contribution in [2.24, 2.45) is 0 Å². The maximum absolute atomic E-state index is 11.4. The number of sulfone groups is 1. The van der Waals surface area contributed by atoms with Gasteiger partial charge in [-0.1, -0.05) is 0 Å². The molecule has 1 aliphatic heterocycles. The van der Waals surface area contributed by atoms with Crippen molar-refractivity contribution in [3.63, 3.8) is 0 Å². The summed E-state index contributed by atoms with van der Waals surface area (Å²) < 4.78 is 22.9. The van der Waals surface area contributed by atoms with Crippen molar-refractivity contribution in [1.82, 2.24) is 0 Å². The smallest absolute Gasteiger partial charge is 0.175 e. The Labute approximate surface area is 107 Å². The van der Waals surface area contributed by atoms with Gasteiger partial charge in [0.2, 0.25) is 0 Å². The van der Waals surface area contributed by atoms with Crippen molar-refractivity contribution < 1.29 is 13.5 Å². The van der Waals surface area contributed by atoms with Gasteiger partial charge in [0.15, 0.2) is 9.84 Å². The first-order chi connectivity index (χ1) is 8.43. The van der Waals surface area contributed by atoms with Gasteiger partial charge in [0.1, 0.15) is 0 Å². The SMILES string of the molecule is CS(=O)(=O)c1ccc(N2CCCC2CO)c(N)c1. The molecule has 6 heteroatoms. The molecule has 0 aromatic heterocycles. The molecular formula is C12H18N2O3S. The summed E-state index contributed by atoms with van der Waals surface area (Å²) >= 11 is 0. The lowest BCUT2D eigenvalue weighted by Gasteiger charge is -2.26. The summed E-state index contributed by atoms with van der Waals surface area (Å²) in [6.45, 7) is 0.931. The largest absolute Gasteiger partial charge is 0.397 e. The Kier molecular flexibility index (Phi) is 3.49. The maximum atomic E-state index is 11.4. The molecule has 1 aromatic carbocycles. The van der Waals surface area contributed by atoms with Crippen LogP contribution in [-0.4, -0.2) is 39.0 Å². The van der Waals surface area contributed by atoms with E-state index < -0.39 is 9.84 Å². The molecule has 1 saturated heterocycles. The fraction of sp³-hybridized carbons (Fsp3) is 0.500. The van der Waals surface area contributed by atoms with Crippen LogP contribution in [0.3, 0.4) is 0 Å². The van der Waals surface area contributed by atoms with Gasteiger partial charge < -0.3 is 15.7 Å². The average molecular weight is 270 g/mol. The van der Waals surface area contributed by atoms with Gasteiger partial charge in [0.25, 0.3) is 0 Å². The second-order valence-electron chi connectivity index (χ2n) is 4.66. The molecule has 0 bridgehead atoms. The highest BCUT2D eigenvalue weighted by atomic mass is 32.2. The maximum Gasteiger partial charge on any atom is 0.175 e. The molecule has 0 aliphatic carbocycles. The summed E-state index contributed by atoms with van der Waals surface area (Å²) in [5.41, 5.74) is 7.17. The number of anilines is 2. The Hall–Kier alpha value is -1.27. The normalized spacial score (nSPS) is 20.3. The molecule has 0 radical (unpaired) electrons. The third-order valence-electron chi connectivity index (χ3n) is 3.32. The van der Waals surface area contributed by atoms with E-state index in [0.717, 1.165) is 31.3 Å². The van der Waals surface area contributed by atoms with Gasteiger partial charge in [0, 0.05) is 12.8 Å². The summed E-state index contributed by atoms with van der Waals surface area (Å²) in [6.07, 6.45) is 3.11. The summed E-state index contributed by atoms with van der Waals surface area (Å²) in [5, 5.41) is 9.29. The van der Waals surface area contributed by atoms with E-state index in [2.05, 4.69) is 0 Å². The number of hydrogen-bond acceptors (Lipinski definition) is 5. The van der Waals surface area contributed by atoms with Crippen LogP contribution < -0.4 is 10.6 Å². The molecule has 0 spiro atoms. The lowest BCUT2D eigenvalue weighted by atomic mass is 10.2. The van der Waals surface area contributed by atoms with E-state index in [-0.39, 0.29) is 17.5 Å². The predicted molar refractivity (Wildman–Crippen MR) is 71.4 cm³/mol. The van der Waals surface area contributed by atoms with E-state index in [9.17, 15) is 13.5 Å². The van der Waals surface area contributed by atoms with E-state index in [4.69, 9.17) is 5.73 Å². The van der Waals surface area contributed by atoms with Crippen molar-refractivity contribution in [3.8, 4) is 0 Å². The van der Waals surface area contributed by atoms with Gasteiger partial charge >= 0.3 is 0 Å². The lowest BCUT2D eigenvalue weighted by molar-refractivity contribution is 0.266. The number of benzene rings is 1. The number of nitrogens with two attached hydrogens (primary N) is 1. The Balaban J connectivity index is 2.36. The van der Waals surface area contributed by atoms with Gasteiger partial charge in [-0.15, -0.1) is 0 Å². The van der Waals surface area contributed by atoms with Crippen LogP contribution in [0.2, 0.25) is 0 Å². The molecule has 18 heavy (non-hydrogen) atoms. The molecule has 1 heterocycles. The number of aliphatic hydroxyl groups is 1. The zero-order valence-electron chi connectivity index (χ0n) is 10.3. The van der Waals surface area contributed by atoms with Crippen LogP contribution in [0.1, 0.15) is 12.8 Å². The van der Waals surface area contributed by atoms with Crippen LogP contribution in [0.15, 0.2) is 23.1 Å². The fourth-order valence-corrected chi connectivity index (χ4v) is 3.02. The van der Waals surface area contributed by atoms with Crippen molar-refractivity contribution in [2.75, 3.05) is 30.0 Å². The number of aliphatic hydroxyl groups excluding tert-OH is 1. The molecule has 2 rings (SSSR count). The number of nitrogen functional groups attached to an aromatic ring is 1. The minimum absolute atomic E-state index is 0.0800.